The normalized spacial score (nSPS) is 17.4. The number of hydrogen-bond donors (Lipinski definition) is 16. The monoisotopic (exact) mass is 1600 g/mol. The van der Waals surface area contributed by atoms with Crippen LogP contribution in [0.4, 0.5) is 0 Å². The van der Waals surface area contributed by atoms with Crippen molar-refractivity contribution in [3.63, 3.8) is 0 Å². The third-order valence-electron chi connectivity index (χ3n) is 19.3. The lowest BCUT2D eigenvalue weighted by Gasteiger charge is -2.35. The van der Waals surface area contributed by atoms with Crippen molar-refractivity contribution in [1.29, 1.82) is 0 Å². The molecule has 0 saturated carbocycles. The predicted octanol–water partition coefficient (Wildman–Crippen LogP) is -4.32. The van der Waals surface area contributed by atoms with Crippen LogP contribution in [0, 0.1) is 17.8 Å². The molecule has 3 heterocycles. The number of Topliss-reactive ketones (excluding diaryl/α,β-unsaturated/α-hetero) is 1. The first-order chi connectivity index (χ1) is 53.5. The van der Waals surface area contributed by atoms with Gasteiger partial charge in [0.25, 0.3) is 0 Å². The molecule has 2 fully saturated rings. The number of carboxylic acid groups (broad SMARTS) is 8. The molecule has 0 radical (unpaired) electrons. The Bertz CT molecular complexity index is 3430. The molecule has 41 nitrogen and oxygen atoms in total. The molecule has 1 aromatic heterocycles. The first kappa shape index (κ1) is 95.2. The highest BCUT2D eigenvalue weighted by atomic mass is 16.4. The molecule has 7 amide bonds. The molecule has 0 bridgehead atoms. The van der Waals surface area contributed by atoms with Crippen LogP contribution in [0.25, 0.3) is 0 Å². The topological polar surface area (TPSA) is 574 Å². The molecular formula is C72H113N17O24. The third kappa shape index (κ3) is 37.8. The molecule has 41 heteroatoms. The number of carbonyl (C=O) groups is 16. The molecule has 2 saturated heterocycles. The Labute approximate surface area is 654 Å². The molecule has 2 aliphatic heterocycles. The molecule has 630 valence electrons. The van der Waals surface area contributed by atoms with Gasteiger partial charge in [0.05, 0.1) is 52.1 Å². The van der Waals surface area contributed by atoms with E-state index in [0.29, 0.717) is 23.2 Å². The van der Waals surface area contributed by atoms with Crippen LogP contribution in [-0.4, -0.2) is 372 Å². The lowest BCUT2D eigenvalue weighted by Crippen LogP contribution is -2.57. The number of benzene rings is 1. The number of nitrogens with zero attached hydrogens (tertiary/aromatic N) is 9. The van der Waals surface area contributed by atoms with Crippen molar-refractivity contribution in [2.45, 2.75) is 129 Å². The van der Waals surface area contributed by atoms with Gasteiger partial charge in [-0.25, -0.2) is 4.98 Å². The molecule has 2 aromatic rings. The summed E-state index contributed by atoms with van der Waals surface area (Å²) < 4.78 is 0. The van der Waals surface area contributed by atoms with Crippen LogP contribution in [0.2, 0.25) is 0 Å². The van der Waals surface area contributed by atoms with Gasteiger partial charge in [-0.05, 0) is 48.6 Å². The number of ketones is 1. The highest BCUT2D eigenvalue weighted by molar-refractivity contribution is 6.04. The average Bonchev–Trinajstić information content (AvgIpc) is 1.66. The molecule has 0 aliphatic carbocycles. The number of amides is 7. The summed E-state index contributed by atoms with van der Waals surface area (Å²) in [6.07, 6.45) is 1.36. The van der Waals surface area contributed by atoms with E-state index in [0.717, 1.165) is 0 Å². The zero-order valence-electron chi connectivity index (χ0n) is 64.8. The molecule has 16 N–H and O–H groups in total. The minimum Gasteiger partial charge on any atom is -0.480 e. The second-order valence-electron chi connectivity index (χ2n) is 28.7. The number of carbonyl (C=O) groups excluding carboxylic acids is 8. The Balaban J connectivity index is 1.56. The van der Waals surface area contributed by atoms with Crippen molar-refractivity contribution in [2.24, 2.45) is 17.8 Å². The molecule has 0 spiro atoms. The van der Waals surface area contributed by atoms with Gasteiger partial charge in [0.1, 0.15) is 36.1 Å². The van der Waals surface area contributed by atoms with E-state index in [1.807, 2.05) is 13.8 Å². The summed E-state index contributed by atoms with van der Waals surface area (Å²) in [5.74, 6) is -17.2. The van der Waals surface area contributed by atoms with Gasteiger partial charge < -0.3 is 83.1 Å². The van der Waals surface area contributed by atoms with Crippen molar-refractivity contribution in [3.8, 4) is 0 Å². The Morgan fingerprint density at radius 2 is 0.832 bits per heavy atom. The summed E-state index contributed by atoms with van der Waals surface area (Å²) >= 11 is 0. The average molecular weight is 1600 g/mol. The Hall–Kier alpha value is -10.2. The SMILES string of the molecule is CCC(C)[C@H](NC(=O)[C@H](Cc1cnc[nH]1)C(=O)CNC(C)=O)C(=O)N[C@@H](CC(C)C)C(=O)NCc1ccc(CNC(=O)[C@H](CCNC(=O)CCC(C(=O)O)N2CCN(CC(=O)O)CCN(CC(=O)O)CCN(CC(=O)O)CC2)NC(=O)CCC(C(=O)O)N2CCN(CC(=O)O)CCN(CC(=O)O)CCN(CC(=O)O)CC2)cc1. The van der Waals surface area contributed by atoms with Gasteiger partial charge in [0, 0.05) is 162 Å². The van der Waals surface area contributed by atoms with Gasteiger partial charge in [0.15, 0.2) is 5.78 Å². The molecule has 4 rings (SSSR count). The van der Waals surface area contributed by atoms with E-state index >= 15 is 0 Å². The summed E-state index contributed by atoms with van der Waals surface area (Å²) in [6, 6.07) is 0.0682. The van der Waals surface area contributed by atoms with E-state index in [1.165, 1.54) is 58.6 Å². The van der Waals surface area contributed by atoms with Crippen LogP contribution >= 0.6 is 0 Å². The van der Waals surface area contributed by atoms with Crippen LogP contribution in [0.5, 0.6) is 0 Å². The van der Waals surface area contributed by atoms with Crippen molar-refractivity contribution in [1.82, 2.24) is 86.4 Å². The summed E-state index contributed by atoms with van der Waals surface area (Å²) in [5, 5.41) is 98.3. The number of aromatic nitrogens is 2. The first-order valence-corrected chi connectivity index (χ1v) is 37.6. The molecule has 1 aromatic carbocycles. The van der Waals surface area contributed by atoms with Gasteiger partial charge in [-0.3, -0.25) is 116 Å². The van der Waals surface area contributed by atoms with Gasteiger partial charge in [0.2, 0.25) is 41.4 Å². The van der Waals surface area contributed by atoms with E-state index in [2.05, 4.69) is 47.2 Å². The first-order valence-electron chi connectivity index (χ1n) is 37.6. The molecular weight excluding hydrogens is 1490 g/mol. The van der Waals surface area contributed by atoms with Crippen LogP contribution in [-0.2, 0) is 96.2 Å². The summed E-state index contributed by atoms with van der Waals surface area (Å²) in [7, 11) is 0. The second-order valence-corrected chi connectivity index (χ2v) is 28.7. The number of aliphatic carboxylic acids is 8. The minimum absolute atomic E-state index is 0.0142. The summed E-state index contributed by atoms with van der Waals surface area (Å²) in [6.45, 7) is 4.82. The summed E-state index contributed by atoms with van der Waals surface area (Å²) in [5.41, 5.74) is 1.56. The van der Waals surface area contributed by atoms with E-state index in [1.54, 1.807) is 38.1 Å². The van der Waals surface area contributed by atoms with Crippen molar-refractivity contribution >= 4 is 94.9 Å². The smallest absolute Gasteiger partial charge is 0.320 e. The maximum Gasteiger partial charge on any atom is 0.320 e. The van der Waals surface area contributed by atoms with Crippen molar-refractivity contribution in [3.05, 3.63) is 53.6 Å². The Kier molecular flexibility index (Phi) is 42.2. The minimum atomic E-state index is -1.44. The maximum atomic E-state index is 14.3. The predicted molar refractivity (Wildman–Crippen MR) is 401 cm³/mol. The zero-order chi connectivity index (χ0) is 83.9. The van der Waals surface area contributed by atoms with Gasteiger partial charge >= 0.3 is 47.8 Å². The third-order valence-corrected chi connectivity index (χ3v) is 19.3. The maximum absolute atomic E-state index is 14.3. The van der Waals surface area contributed by atoms with Crippen LogP contribution in [0.15, 0.2) is 36.8 Å². The van der Waals surface area contributed by atoms with Crippen LogP contribution in [0.3, 0.4) is 0 Å². The zero-order valence-corrected chi connectivity index (χ0v) is 64.8. The standard InChI is InChI=1S/C72H113N17O24/c1-6-47(4)66(81-67(106)52(34-51-37-73-45-78-51)57(91)38-75-48(5)90)70(109)80-54(33-46(2)3)69(108)77-36-50-9-7-49(8-10-50)35-76-68(107)53(79-59(93)14-12-56(72(112)113)89-31-27-86(43-64(102)103)23-19-83(40-61(96)97)20-24-87(28-32-89)44-65(104)105)15-16-74-58(92)13-11-55(71(110)111)88-29-25-84(41-62(98)99)21-17-82(39-60(94)95)18-22-85(26-30-88)42-63(100)101/h7-10,37,45-47,52-56,66H,6,11-36,38-44H2,1-5H3,(H,73,78)(H,74,92)(H,75,90)(H,76,107)(H,77,108)(H,79,93)(H,80,109)(H,81,106)(H,94,95)(H,96,97)(H,98,99)(H,100,101)(H,102,103)(H,104,105)(H,110,111)(H,112,113)/t47?,52-,53+,54+,55?,56?,66+/m1/s1. The molecule has 2 aliphatic rings. The molecule has 7 atom stereocenters. The Morgan fingerprint density at radius 1 is 0.451 bits per heavy atom. The van der Waals surface area contributed by atoms with Gasteiger partial charge in [-0.15, -0.1) is 0 Å². The highest BCUT2D eigenvalue weighted by Gasteiger charge is 2.37. The van der Waals surface area contributed by atoms with E-state index < -0.39 is 196 Å². The highest BCUT2D eigenvalue weighted by Crippen LogP contribution is 2.18. The van der Waals surface area contributed by atoms with Crippen LogP contribution in [0.1, 0.15) is 96.4 Å². The van der Waals surface area contributed by atoms with Crippen molar-refractivity contribution in [2.75, 3.05) is 157 Å². The number of rotatable bonds is 45. The number of carboxylic acids is 8. The quantitative estimate of drug-likeness (QED) is 0.0279. The van der Waals surface area contributed by atoms with Gasteiger partial charge in [-0.2, -0.15) is 0 Å². The fourth-order valence-corrected chi connectivity index (χ4v) is 12.9. The number of hydrogen-bond acceptors (Lipinski definition) is 25. The number of H-pyrrole nitrogens is 1. The summed E-state index contributed by atoms with van der Waals surface area (Å²) in [4.78, 5) is 225. The number of nitrogens with one attached hydrogen (secondary N) is 8. The lowest BCUT2D eigenvalue weighted by molar-refractivity contribution is -0.145. The van der Waals surface area contributed by atoms with E-state index in [9.17, 15) is 118 Å². The fraction of sp³-hybridized carbons (Fsp3) is 0.653. The number of aromatic amines is 1. The van der Waals surface area contributed by atoms with Crippen molar-refractivity contribution < 1.29 is 118 Å². The van der Waals surface area contributed by atoms with Crippen LogP contribution < -0.4 is 37.2 Å². The largest absolute Gasteiger partial charge is 0.480 e. The number of imidazole rings is 1. The second kappa shape index (κ2) is 50.0. The van der Waals surface area contributed by atoms with E-state index in [-0.39, 0.29) is 162 Å². The Morgan fingerprint density at radius 3 is 1.18 bits per heavy atom. The van der Waals surface area contributed by atoms with E-state index in [4.69, 9.17) is 0 Å². The fourth-order valence-electron chi connectivity index (χ4n) is 12.9. The van der Waals surface area contributed by atoms with Gasteiger partial charge in [-0.1, -0.05) is 58.4 Å². The molecule has 113 heavy (non-hydrogen) atoms. The molecule has 3 unspecified atom stereocenters. The lowest BCUT2D eigenvalue weighted by atomic mass is 9.93.